The third-order valence-corrected chi connectivity index (χ3v) is 6.74. The summed E-state index contributed by atoms with van der Waals surface area (Å²) in [6, 6.07) is 16.2. The number of ether oxygens (including phenoxy) is 3. The molecule has 3 aromatic carbocycles. The molecule has 2 heterocycles. The molecule has 1 aliphatic heterocycles. The number of para-hydroxylation sites is 1. The number of aromatic hydroxyl groups is 1. The summed E-state index contributed by atoms with van der Waals surface area (Å²) in [6.45, 7) is 3.30. The van der Waals surface area contributed by atoms with E-state index in [1.807, 2.05) is 42.5 Å². The van der Waals surface area contributed by atoms with Crippen LogP contribution in [-0.4, -0.2) is 30.6 Å². The van der Waals surface area contributed by atoms with Gasteiger partial charge in [0.1, 0.15) is 28.4 Å². The van der Waals surface area contributed by atoms with Crippen molar-refractivity contribution in [1.29, 1.82) is 0 Å². The van der Waals surface area contributed by atoms with Crippen LogP contribution in [0.25, 0.3) is 11.0 Å². The van der Waals surface area contributed by atoms with Crippen LogP contribution in [0.15, 0.2) is 63.8 Å². The molecular weight excluding hydrogens is 488 g/mol. The Balaban J connectivity index is 1.60. The summed E-state index contributed by atoms with van der Waals surface area (Å²) < 4.78 is 22.5. The third kappa shape index (κ3) is 4.49. The minimum Gasteiger partial charge on any atom is -0.506 e. The summed E-state index contributed by atoms with van der Waals surface area (Å²) in [4.78, 5) is 37.7. The van der Waals surface area contributed by atoms with Gasteiger partial charge in [0.2, 0.25) is 0 Å². The second-order valence-electron chi connectivity index (χ2n) is 9.19. The zero-order valence-electron chi connectivity index (χ0n) is 21.2. The zero-order valence-corrected chi connectivity index (χ0v) is 21.2. The number of carbonyl (C=O) groups excluding carboxylic acids is 2. The lowest BCUT2D eigenvalue weighted by Gasteiger charge is -2.28. The average molecular weight is 515 g/mol. The number of carbonyl (C=O) groups is 2. The van der Waals surface area contributed by atoms with E-state index in [2.05, 4.69) is 0 Å². The highest BCUT2D eigenvalue weighted by atomic mass is 16.5. The minimum atomic E-state index is -0.644. The standard InChI is InChI=1S/C30H26O8/c1-16-14-23(32)37-29-25(16)28(34)26(17(2)31)30-27(29)21(15-24(33)38-30)20-6-4-5-7-22(20)36-13-12-18-8-10-19(35-3)11-9-18/h4-11,14,21,34H,12-13,15H2,1-3H3/t21-/m1/s1. The SMILES string of the molecule is COc1ccc(CCOc2ccccc2[C@H]2CC(=O)Oc3c(C(C)=O)c(O)c4c(C)cc(=O)oc4c32)cc1. The van der Waals surface area contributed by atoms with Gasteiger partial charge in [0.25, 0.3) is 0 Å². The predicted molar refractivity (Wildman–Crippen MR) is 140 cm³/mol. The minimum absolute atomic E-state index is 0.0687. The van der Waals surface area contributed by atoms with Gasteiger partial charge in [-0.15, -0.1) is 0 Å². The number of fused-ring (bicyclic) bond motifs is 3. The highest BCUT2D eigenvalue weighted by Gasteiger charge is 2.38. The van der Waals surface area contributed by atoms with Gasteiger partial charge in [-0.05, 0) is 43.2 Å². The third-order valence-electron chi connectivity index (χ3n) is 6.74. The van der Waals surface area contributed by atoms with Crippen molar-refractivity contribution in [3.05, 3.63) is 92.8 Å². The number of esters is 1. The summed E-state index contributed by atoms with van der Waals surface area (Å²) >= 11 is 0. The van der Waals surface area contributed by atoms with Crippen LogP contribution in [0.4, 0.5) is 0 Å². The largest absolute Gasteiger partial charge is 0.506 e. The van der Waals surface area contributed by atoms with Gasteiger partial charge in [-0.1, -0.05) is 30.3 Å². The molecule has 1 atom stereocenters. The molecule has 0 radical (unpaired) electrons. The van der Waals surface area contributed by atoms with Crippen LogP contribution >= 0.6 is 0 Å². The van der Waals surface area contributed by atoms with Gasteiger partial charge in [0, 0.05) is 29.5 Å². The fraction of sp³-hybridized carbons (Fsp3) is 0.233. The molecule has 0 bridgehead atoms. The molecule has 8 nitrogen and oxygen atoms in total. The van der Waals surface area contributed by atoms with E-state index in [-0.39, 0.29) is 34.5 Å². The molecule has 0 aliphatic carbocycles. The number of methoxy groups -OCH3 is 1. The van der Waals surface area contributed by atoms with Gasteiger partial charge in [0.05, 0.1) is 25.5 Å². The lowest BCUT2D eigenvalue weighted by Crippen LogP contribution is -2.24. The number of Topliss-reactive ketones (excluding diaryl/α,β-unsaturated/α-hetero) is 1. The fourth-order valence-electron chi connectivity index (χ4n) is 4.97. The smallest absolute Gasteiger partial charge is 0.336 e. The first-order chi connectivity index (χ1) is 18.3. The maximum atomic E-state index is 12.8. The van der Waals surface area contributed by atoms with Crippen LogP contribution in [0.3, 0.4) is 0 Å². The van der Waals surface area contributed by atoms with Crippen molar-refractivity contribution < 1.29 is 33.3 Å². The van der Waals surface area contributed by atoms with Crippen molar-refractivity contribution in [2.75, 3.05) is 13.7 Å². The van der Waals surface area contributed by atoms with Crippen molar-refractivity contribution in [3.63, 3.8) is 0 Å². The van der Waals surface area contributed by atoms with Crippen LogP contribution in [0.2, 0.25) is 0 Å². The lowest BCUT2D eigenvalue weighted by atomic mass is 9.82. The lowest BCUT2D eigenvalue weighted by molar-refractivity contribution is -0.135. The van der Waals surface area contributed by atoms with E-state index in [1.165, 1.54) is 13.0 Å². The molecule has 194 valence electrons. The Hall–Kier alpha value is -4.59. The monoisotopic (exact) mass is 514 g/mol. The van der Waals surface area contributed by atoms with Crippen molar-refractivity contribution in [3.8, 4) is 23.0 Å². The van der Waals surface area contributed by atoms with Crippen molar-refractivity contribution in [1.82, 2.24) is 0 Å². The maximum Gasteiger partial charge on any atom is 0.336 e. The second-order valence-corrected chi connectivity index (χ2v) is 9.19. The van der Waals surface area contributed by atoms with Gasteiger partial charge >= 0.3 is 11.6 Å². The topological polar surface area (TPSA) is 112 Å². The number of hydrogen-bond acceptors (Lipinski definition) is 8. The number of ketones is 1. The van der Waals surface area contributed by atoms with E-state index in [4.69, 9.17) is 18.6 Å². The average Bonchev–Trinajstić information content (AvgIpc) is 2.88. The summed E-state index contributed by atoms with van der Waals surface area (Å²) in [7, 11) is 1.62. The van der Waals surface area contributed by atoms with E-state index < -0.39 is 23.3 Å². The number of phenols is 1. The first-order valence-corrected chi connectivity index (χ1v) is 12.2. The Morgan fingerprint density at radius 1 is 1.11 bits per heavy atom. The normalized spacial score (nSPS) is 14.6. The molecule has 0 amide bonds. The van der Waals surface area contributed by atoms with Crippen molar-refractivity contribution in [2.24, 2.45) is 0 Å². The van der Waals surface area contributed by atoms with E-state index in [0.29, 0.717) is 35.5 Å². The number of phenolic OH excluding ortho intramolecular Hbond substituents is 1. The Morgan fingerprint density at radius 2 is 1.84 bits per heavy atom. The van der Waals surface area contributed by atoms with Crippen molar-refractivity contribution in [2.45, 2.75) is 32.6 Å². The van der Waals surface area contributed by atoms with Crippen molar-refractivity contribution >= 4 is 22.7 Å². The molecule has 5 rings (SSSR count). The summed E-state index contributed by atoms with van der Waals surface area (Å²) in [5.74, 6) is -0.860. The van der Waals surface area contributed by atoms with Crippen LogP contribution in [0.1, 0.15) is 51.9 Å². The molecule has 0 spiro atoms. The molecule has 4 aromatic rings. The second kappa shape index (κ2) is 10.0. The predicted octanol–water partition coefficient (Wildman–Crippen LogP) is 5.08. The molecule has 1 N–H and O–H groups in total. The summed E-state index contributed by atoms with van der Waals surface area (Å²) in [5.41, 5.74) is 1.88. The molecule has 0 saturated carbocycles. The summed E-state index contributed by atoms with van der Waals surface area (Å²) in [6.07, 6.45) is 0.571. The van der Waals surface area contributed by atoms with Gasteiger partial charge in [-0.3, -0.25) is 9.59 Å². The van der Waals surface area contributed by atoms with Gasteiger partial charge in [-0.2, -0.15) is 0 Å². The van der Waals surface area contributed by atoms with E-state index in [0.717, 1.165) is 11.3 Å². The quantitative estimate of drug-likeness (QED) is 0.157. The van der Waals surface area contributed by atoms with Gasteiger partial charge in [0.15, 0.2) is 11.5 Å². The van der Waals surface area contributed by atoms with Crippen LogP contribution in [0, 0.1) is 6.92 Å². The van der Waals surface area contributed by atoms with Gasteiger partial charge < -0.3 is 23.7 Å². The fourth-order valence-corrected chi connectivity index (χ4v) is 4.97. The molecule has 0 saturated heterocycles. The van der Waals surface area contributed by atoms with E-state index >= 15 is 0 Å². The molecule has 8 heteroatoms. The summed E-state index contributed by atoms with van der Waals surface area (Å²) in [5, 5.41) is 11.2. The Morgan fingerprint density at radius 3 is 2.55 bits per heavy atom. The van der Waals surface area contributed by atoms with E-state index in [9.17, 15) is 19.5 Å². The molecule has 0 fully saturated rings. The Kier molecular flexibility index (Phi) is 6.63. The Labute approximate surface area is 218 Å². The van der Waals surface area contributed by atoms with Crippen LogP contribution in [-0.2, 0) is 11.2 Å². The number of rotatable bonds is 7. The molecule has 38 heavy (non-hydrogen) atoms. The Bertz CT molecular complexity index is 1610. The highest BCUT2D eigenvalue weighted by molar-refractivity contribution is 6.09. The first-order valence-electron chi connectivity index (χ1n) is 12.2. The zero-order chi connectivity index (χ0) is 27.0. The number of hydrogen-bond donors (Lipinski definition) is 1. The van der Waals surface area contributed by atoms with Crippen LogP contribution in [0.5, 0.6) is 23.0 Å². The van der Waals surface area contributed by atoms with Crippen LogP contribution < -0.4 is 19.8 Å². The molecule has 0 unspecified atom stereocenters. The highest BCUT2D eigenvalue weighted by Crippen LogP contribution is 2.50. The maximum absolute atomic E-state index is 12.8. The molecule has 1 aliphatic rings. The molecule has 1 aromatic heterocycles. The number of aryl methyl sites for hydroxylation is 1. The molecular formula is C30H26O8. The number of benzene rings is 3. The van der Waals surface area contributed by atoms with Gasteiger partial charge in [-0.25, -0.2) is 4.79 Å². The van der Waals surface area contributed by atoms with E-state index in [1.54, 1.807) is 20.1 Å². The first kappa shape index (κ1) is 25.1.